The van der Waals surface area contributed by atoms with E-state index in [4.69, 9.17) is 4.74 Å². The lowest BCUT2D eigenvalue weighted by atomic mass is 10.2. The first kappa shape index (κ1) is 17.5. The number of methoxy groups -OCH3 is 1. The van der Waals surface area contributed by atoms with Crippen molar-refractivity contribution in [3.63, 3.8) is 0 Å². The Morgan fingerprint density at radius 3 is 2.58 bits per heavy atom. The van der Waals surface area contributed by atoms with Crippen molar-refractivity contribution in [1.82, 2.24) is 15.0 Å². The normalized spacial score (nSPS) is 9.79. The second-order valence-electron chi connectivity index (χ2n) is 4.20. The molecule has 3 aromatic heterocycles. The monoisotopic (exact) mass is 344 g/mol. The highest BCUT2D eigenvalue weighted by Gasteiger charge is 2.22. The Kier molecular flexibility index (Phi) is 5.91. The number of rotatable bonds is 3. The molecule has 0 aliphatic carbocycles. The van der Waals surface area contributed by atoms with Crippen LogP contribution >= 0.6 is 11.3 Å². The van der Waals surface area contributed by atoms with Crippen LogP contribution in [-0.2, 0) is 4.74 Å². The summed E-state index contributed by atoms with van der Waals surface area (Å²) >= 11 is 1.12. The zero-order chi connectivity index (χ0) is 17.5. The van der Waals surface area contributed by atoms with Crippen molar-refractivity contribution >= 4 is 39.2 Å². The number of thiophene rings is 1. The van der Waals surface area contributed by atoms with Crippen LogP contribution < -0.4 is 5.32 Å². The number of esters is 1. The molecule has 0 saturated carbocycles. The lowest BCUT2D eigenvalue weighted by molar-refractivity contribution is 0.0607. The van der Waals surface area contributed by atoms with Crippen LogP contribution in [0.1, 0.15) is 33.9 Å². The van der Waals surface area contributed by atoms with E-state index >= 15 is 0 Å². The molecule has 8 heteroatoms. The average Bonchev–Trinajstić information content (AvgIpc) is 3.02. The summed E-state index contributed by atoms with van der Waals surface area (Å²) in [6.07, 6.45) is 6.03. The molecule has 0 saturated heterocycles. The molecular formula is C16H16N4O3S. The SMILES string of the molecule is CC.COC(=O)c1sc2nccnc2c1NC(=O)c1cccnc1. The number of pyridine rings is 1. The van der Waals surface area contributed by atoms with Gasteiger partial charge in [0.15, 0.2) is 0 Å². The maximum atomic E-state index is 12.3. The van der Waals surface area contributed by atoms with Crippen LogP contribution in [0.2, 0.25) is 0 Å². The summed E-state index contributed by atoms with van der Waals surface area (Å²) < 4.78 is 4.75. The van der Waals surface area contributed by atoms with E-state index < -0.39 is 5.97 Å². The maximum absolute atomic E-state index is 12.3. The standard InChI is InChI=1S/C14H10N4O3S.C2H6/c1-21-14(20)11-9(10-13(22-11)17-6-5-16-10)18-12(19)8-3-2-4-15-7-8;1-2/h2-7H,1H3,(H,18,19);1-2H3. The zero-order valence-corrected chi connectivity index (χ0v) is 14.3. The molecule has 3 heterocycles. The minimum Gasteiger partial charge on any atom is -0.465 e. The Bertz CT molecular complexity index is 849. The number of anilines is 1. The Labute approximate surface area is 142 Å². The molecule has 0 unspecified atom stereocenters. The largest absolute Gasteiger partial charge is 0.465 e. The summed E-state index contributed by atoms with van der Waals surface area (Å²) in [5.41, 5.74) is 1.13. The third-order valence-electron chi connectivity index (χ3n) is 2.86. The summed E-state index contributed by atoms with van der Waals surface area (Å²) in [6, 6.07) is 3.28. The van der Waals surface area contributed by atoms with Gasteiger partial charge in [-0.25, -0.2) is 14.8 Å². The number of ether oxygens (including phenoxy) is 1. The Balaban J connectivity index is 0.00000100. The van der Waals surface area contributed by atoms with E-state index in [0.29, 0.717) is 21.6 Å². The van der Waals surface area contributed by atoms with Crippen molar-refractivity contribution in [2.24, 2.45) is 0 Å². The van der Waals surface area contributed by atoms with Gasteiger partial charge in [-0.1, -0.05) is 13.8 Å². The molecule has 0 radical (unpaired) electrons. The van der Waals surface area contributed by atoms with Gasteiger partial charge in [0, 0.05) is 24.8 Å². The first-order valence-electron chi connectivity index (χ1n) is 7.24. The fourth-order valence-electron chi connectivity index (χ4n) is 1.86. The molecule has 0 spiro atoms. The summed E-state index contributed by atoms with van der Waals surface area (Å²) in [5.74, 6) is -0.935. The number of nitrogens with one attached hydrogen (secondary N) is 1. The van der Waals surface area contributed by atoms with Gasteiger partial charge in [0.1, 0.15) is 15.2 Å². The number of hydrogen-bond donors (Lipinski definition) is 1. The van der Waals surface area contributed by atoms with Gasteiger partial charge in [-0.2, -0.15) is 0 Å². The van der Waals surface area contributed by atoms with E-state index in [9.17, 15) is 9.59 Å². The average molecular weight is 344 g/mol. The molecule has 1 N–H and O–H groups in total. The summed E-state index contributed by atoms with van der Waals surface area (Å²) in [7, 11) is 1.28. The lowest BCUT2D eigenvalue weighted by Crippen LogP contribution is -2.14. The molecule has 0 fully saturated rings. The molecule has 1 amide bonds. The van der Waals surface area contributed by atoms with Crippen molar-refractivity contribution in [2.75, 3.05) is 12.4 Å². The van der Waals surface area contributed by atoms with Crippen molar-refractivity contribution in [2.45, 2.75) is 13.8 Å². The van der Waals surface area contributed by atoms with Crippen molar-refractivity contribution < 1.29 is 14.3 Å². The van der Waals surface area contributed by atoms with E-state index in [2.05, 4.69) is 20.3 Å². The van der Waals surface area contributed by atoms with E-state index in [1.54, 1.807) is 18.3 Å². The van der Waals surface area contributed by atoms with Gasteiger partial charge in [-0.05, 0) is 12.1 Å². The molecule has 124 valence electrons. The van der Waals surface area contributed by atoms with Crippen LogP contribution in [0.5, 0.6) is 0 Å². The quantitative estimate of drug-likeness (QED) is 0.734. The smallest absolute Gasteiger partial charge is 0.350 e. The molecule has 0 atom stereocenters. The summed E-state index contributed by atoms with van der Waals surface area (Å²) in [4.78, 5) is 37.2. The first-order valence-corrected chi connectivity index (χ1v) is 8.05. The predicted octanol–water partition coefficient (Wildman–Crippen LogP) is 3.15. The highest BCUT2D eigenvalue weighted by Crippen LogP contribution is 2.33. The van der Waals surface area contributed by atoms with Gasteiger partial charge in [-0.3, -0.25) is 9.78 Å². The highest BCUT2D eigenvalue weighted by atomic mass is 32.1. The fraction of sp³-hybridized carbons (Fsp3) is 0.188. The first-order chi connectivity index (χ1) is 11.7. The van der Waals surface area contributed by atoms with E-state index in [0.717, 1.165) is 11.3 Å². The molecule has 0 aliphatic heterocycles. The molecule has 0 aromatic carbocycles. The molecular weight excluding hydrogens is 328 g/mol. The number of hydrogen-bond acceptors (Lipinski definition) is 7. The van der Waals surface area contributed by atoms with Crippen LogP contribution in [0.4, 0.5) is 5.69 Å². The number of amides is 1. The molecule has 0 bridgehead atoms. The van der Waals surface area contributed by atoms with Crippen molar-refractivity contribution in [1.29, 1.82) is 0 Å². The van der Waals surface area contributed by atoms with E-state index in [1.165, 1.54) is 25.7 Å². The summed E-state index contributed by atoms with van der Waals surface area (Å²) in [6.45, 7) is 4.00. The van der Waals surface area contributed by atoms with Crippen molar-refractivity contribution in [3.8, 4) is 0 Å². The Hall–Kier alpha value is -2.87. The molecule has 3 aromatic rings. The van der Waals surface area contributed by atoms with Gasteiger partial charge in [0.05, 0.1) is 18.4 Å². The molecule has 3 rings (SSSR count). The second kappa shape index (κ2) is 8.11. The van der Waals surface area contributed by atoms with Gasteiger partial charge < -0.3 is 10.1 Å². The topological polar surface area (TPSA) is 94.1 Å². The van der Waals surface area contributed by atoms with Crippen LogP contribution in [0.25, 0.3) is 10.3 Å². The number of aromatic nitrogens is 3. The molecule has 0 aliphatic rings. The minimum atomic E-state index is -0.550. The van der Waals surface area contributed by atoms with E-state index in [-0.39, 0.29) is 10.8 Å². The molecule has 7 nitrogen and oxygen atoms in total. The number of carbonyl (C=O) groups is 2. The van der Waals surface area contributed by atoms with Gasteiger partial charge in [0.2, 0.25) is 0 Å². The fourth-order valence-corrected chi connectivity index (χ4v) is 2.84. The lowest BCUT2D eigenvalue weighted by Gasteiger charge is -2.05. The Morgan fingerprint density at radius 1 is 1.17 bits per heavy atom. The van der Waals surface area contributed by atoms with Crippen molar-refractivity contribution in [3.05, 3.63) is 47.4 Å². The maximum Gasteiger partial charge on any atom is 0.350 e. The minimum absolute atomic E-state index is 0.251. The van der Waals surface area contributed by atoms with Gasteiger partial charge >= 0.3 is 5.97 Å². The summed E-state index contributed by atoms with van der Waals surface area (Å²) in [5, 5.41) is 2.69. The third kappa shape index (κ3) is 3.54. The number of nitrogens with zero attached hydrogens (tertiary/aromatic N) is 3. The molecule has 24 heavy (non-hydrogen) atoms. The van der Waals surface area contributed by atoms with Crippen LogP contribution in [0.3, 0.4) is 0 Å². The van der Waals surface area contributed by atoms with Crippen LogP contribution in [-0.4, -0.2) is 33.9 Å². The zero-order valence-electron chi connectivity index (χ0n) is 13.4. The second-order valence-corrected chi connectivity index (χ2v) is 5.20. The number of carbonyl (C=O) groups excluding carboxylic acids is 2. The van der Waals surface area contributed by atoms with E-state index in [1.807, 2.05) is 13.8 Å². The van der Waals surface area contributed by atoms with Gasteiger partial charge in [0.25, 0.3) is 5.91 Å². The predicted molar refractivity (Wildman–Crippen MR) is 92.3 cm³/mol. The van der Waals surface area contributed by atoms with Gasteiger partial charge in [-0.15, -0.1) is 11.3 Å². The van der Waals surface area contributed by atoms with Crippen LogP contribution in [0.15, 0.2) is 36.9 Å². The Morgan fingerprint density at radius 2 is 1.92 bits per heavy atom. The third-order valence-corrected chi connectivity index (χ3v) is 3.93. The number of fused-ring (bicyclic) bond motifs is 1. The van der Waals surface area contributed by atoms with Crippen LogP contribution in [0, 0.1) is 0 Å². The highest BCUT2D eigenvalue weighted by molar-refractivity contribution is 7.21.